The van der Waals surface area contributed by atoms with E-state index in [9.17, 15) is 9.90 Å². The summed E-state index contributed by atoms with van der Waals surface area (Å²) in [5.74, 6) is 0.00912. The first-order valence-corrected chi connectivity index (χ1v) is 7.31. The lowest BCUT2D eigenvalue weighted by atomic mass is 10.1. The number of hydrogen-bond acceptors (Lipinski definition) is 5. The first-order chi connectivity index (χ1) is 9.66. The molecule has 7 heteroatoms. The highest BCUT2D eigenvalue weighted by Gasteiger charge is 2.16. The monoisotopic (exact) mass is 349 g/mol. The first-order valence-electron chi connectivity index (χ1n) is 5.64. The maximum atomic E-state index is 12.2. The quantitative estimate of drug-likeness (QED) is 0.745. The molecule has 3 aromatic rings. The van der Waals surface area contributed by atoms with Crippen LogP contribution in [0.2, 0.25) is 0 Å². The fraction of sp³-hybridized carbons (Fsp3) is 0. The van der Waals surface area contributed by atoms with Gasteiger partial charge in [0.2, 0.25) is 5.88 Å². The van der Waals surface area contributed by atoms with E-state index in [2.05, 4.69) is 30.9 Å². The van der Waals surface area contributed by atoms with Crippen LogP contribution in [0.1, 0.15) is 0 Å². The van der Waals surface area contributed by atoms with Crippen LogP contribution in [0.3, 0.4) is 0 Å². The molecule has 0 unspecified atom stereocenters. The van der Waals surface area contributed by atoms with Crippen molar-refractivity contribution in [2.75, 3.05) is 0 Å². The molecule has 0 saturated heterocycles. The van der Waals surface area contributed by atoms with Gasteiger partial charge in [0.05, 0.1) is 10.4 Å². The van der Waals surface area contributed by atoms with Crippen molar-refractivity contribution in [3.05, 3.63) is 50.8 Å². The summed E-state index contributed by atoms with van der Waals surface area (Å²) in [5.41, 5.74) is 1.97. The van der Waals surface area contributed by atoms with Gasteiger partial charge in [-0.05, 0) is 6.07 Å². The van der Waals surface area contributed by atoms with Crippen molar-refractivity contribution < 1.29 is 5.11 Å². The normalized spacial score (nSPS) is 10.7. The number of hydrogen-bond donors (Lipinski definition) is 2. The number of aromatic nitrogens is 3. The molecule has 2 N–H and O–H groups in total. The van der Waals surface area contributed by atoms with Crippen LogP contribution in [0.15, 0.2) is 45.2 Å². The Bertz CT molecular complexity index is 815. The van der Waals surface area contributed by atoms with Gasteiger partial charge in [0.15, 0.2) is 5.82 Å². The second-order valence-corrected chi connectivity index (χ2v) is 5.70. The van der Waals surface area contributed by atoms with Gasteiger partial charge in [-0.3, -0.25) is 9.78 Å². The first kappa shape index (κ1) is 13.0. The summed E-state index contributed by atoms with van der Waals surface area (Å²) in [4.78, 5) is 23.5. The molecular weight excluding hydrogens is 342 g/mol. The van der Waals surface area contributed by atoms with E-state index in [1.807, 2.05) is 6.07 Å². The van der Waals surface area contributed by atoms with Gasteiger partial charge in [-0.25, -0.2) is 0 Å². The number of aromatic hydroxyl groups is 1. The second kappa shape index (κ2) is 5.18. The minimum absolute atomic E-state index is 0.144. The predicted octanol–water partition coefficient (Wildman–Crippen LogP) is 3.03. The lowest BCUT2D eigenvalue weighted by Crippen LogP contribution is -2.12. The summed E-state index contributed by atoms with van der Waals surface area (Å²) in [6.45, 7) is 0. The third-order valence-electron chi connectivity index (χ3n) is 2.71. The van der Waals surface area contributed by atoms with E-state index in [4.69, 9.17) is 0 Å². The Kier molecular flexibility index (Phi) is 3.37. The van der Waals surface area contributed by atoms with Gasteiger partial charge in [0.1, 0.15) is 5.56 Å². The van der Waals surface area contributed by atoms with Gasteiger partial charge >= 0.3 is 0 Å². The Balaban J connectivity index is 2.20. The molecule has 0 bridgehead atoms. The molecule has 0 amide bonds. The van der Waals surface area contributed by atoms with Crippen molar-refractivity contribution in [3.63, 3.8) is 0 Å². The van der Waals surface area contributed by atoms with E-state index in [-0.39, 0.29) is 11.4 Å². The van der Waals surface area contributed by atoms with Crippen LogP contribution < -0.4 is 5.56 Å². The molecule has 0 saturated carbocycles. The SMILES string of the molecule is O=c1[nH]c(-c2cncs2)nc(O)c1-c1ccccc1Br. The summed E-state index contributed by atoms with van der Waals surface area (Å²) in [5, 5.41) is 10.1. The van der Waals surface area contributed by atoms with Crippen LogP contribution in [0.5, 0.6) is 5.88 Å². The highest BCUT2D eigenvalue weighted by atomic mass is 79.9. The molecule has 0 fully saturated rings. The Labute approximate surface area is 126 Å². The maximum Gasteiger partial charge on any atom is 0.263 e. The van der Waals surface area contributed by atoms with E-state index in [1.54, 1.807) is 29.9 Å². The molecule has 2 aromatic heterocycles. The van der Waals surface area contributed by atoms with E-state index >= 15 is 0 Å². The average Bonchev–Trinajstić information content (AvgIpc) is 2.94. The molecule has 100 valence electrons. The van der Waals surface area contributed by atoms with Crippen molar-refractivity contribution in [3.8, 4) is 27.7 Å². The second-order valence-electron chi connectivity index (χ2n) is 3.96. The van der Waals surface area contributed by atoms with E-state index in [0.29, 0.717) is 20.7 Å². The van der Waals surface area contributed by atoms with Crippen LogP contribution in [0, 0.1) is 0 Å². The van der Waals surface area contributed by atoms with Crippen molar-refractivity contribution in [2.45, 2.75) is 0 Å². The van der Waals surface area contributed by atoms with Gasteiger partial charge in [-0.15, -0.1) is 11.3 Å². The topological polar surface area (TPSA) is 78.9 Å². The lowest BCUT2D eigenvalue weighted by molar-refractivity contribution is 0.454. The third-order valence-corrected chi connectivity index (χ3v) is 4.18. The zero-order valence-corrected chi connectivity index (χ0v) is 12.4. The Morgan fingerprint density at radius 2 is 2.10 bits per heavy atom. The summed E-state index contributed by atoms with van der Waals surface area (Å²) in [6, 6.07) is 7.15. The number of nitrogens with zero attached hydrogens (tertiary/aromatic N) is 2. The van der Waals surface area contributed by atoms with Gasteiger partial charge in [-0.2, -0.15) is 4.98 Å². The molecule has 5 nitrogen and oxygen atoms in total. The summed E-state index contributed by atoms with van der Waals surface area (Å²) >= 11 is 4.69. The maximum absolute atomic E-state index is 12.2. The number of rotatable bonds is 2. The van der Waals surface area contributed by atoms with Crippen LogP contribution in [0.25, 0.3) is 21.8 Å². The zero-order chi connectivity index (χ0) is 14.1. The average molecular weight is 350 g/mol. The predicted molar refractivity (Wildman–Crippen MR) is 80.8 cm³/mol. The van der Waals surface area contributed by atoms with Gasteiger partial charge in [0.25, 0.3) is 5.56 Å². The molecular formula is C13H8BrN3O2S. The van der Waals surface area contributed by atoms with Gasteiger partial charge < -0.3 is 10.1 Å². The van der Waals surface area contributed by atoms with Crippen LogP contribution in [0.4, 0.5) is 0 Å². The highest BCUT2D eigenvalue weighted by molar-refractivity contribution is 9.10. The summed E-state index contributed by atoms with van der Waals surface area (Å²) in [7, 11) is 0. The number of H-pyrrole nitrogens is 1. The van der Waals surface area contributed by atoms with Gasteiger partial charge in [-0.1, -0.05) is 34.1 Å². The molecule has 3 rings (SSSR count). The minimum atomic E-state index is -0.396. The number of halogens is 1. The lowest BCUT2D eigenvalue weighted by Gasteiger charge is -2.06. The number of thiazole rings is 1. The van der Waals surface area contributed by atoms with Crippen LogP contribution in [-0.4, -0.2) is 20.1 Å². The standard InChI is InChI=1S/C13H8BrN3O2S/c14-8-4-2-1-3-7(8)10-12(18)16-11(17-13(10)19)9-5-15-6-20-9/h1-6H,(H2,16,17,18,19). The highest BCUT2D eigenvalue weighted by Crippen LogP contribution is 2.31. The Hall–Kier alpha value is -1.99. The molecule has 2 heterocycles. The van der Waals surface area contributed by atoms with E-state index in [0.717, 1.165) is 0 Å². The van der Waals surface area contributed by atoms with Crippen molar-refractivity contribution in [1.82, 2.24) is 15.0 Å². The smallest absolute Gasteiger partial charge is 0.263 e. The van der Waals surface area contributed by atoms with Crippen LogP contribution >= 0.6 is 27.3 Å². The summed E-state index contributed by atoms with van der Waals surface area (Å²) < 4.78 is 0.716. The zero-order valence-electron chi connectivity index (χ0n) is 10.0. The Morgan fingerprint density at radius 1 is 1.30 bits per heavy atom. The van der Waals surface area contributed by atoms with Gasteiger partial charge in [0, 0.05) is 16.2 Å². The number of aromatic amines is 1. The fourth-order valence-corrected chi connectivity index (χ4v) is 2.87. The van der Waals surface area contributed by atoms with Crippen molar-refractivity contribution in [2.24, 2.45) is 0 Å². The third kappa shape index (κ3) is 2.25. The molecule has 1 aromatic carbocycles. The molecule has 0 aliphatic carbocycles. The number of benzene rings is 1. The van der Waals surface area contributed by atoms with E-state index in [1.165, 1.54) is 11.3 Å². The van der Waals surface area contributed by atoms with Crippen LogP contribution in [-0.2, 0) is 0 Å². The summed E-state index contributed by atoms with van der Waals surface area (Å²) in [6.07, 6.45) is 1.58. The molecule has 0 atom stereocenters. The van der Waals surface area contributed by atoms with E-state index < -0.39 is 5.56 Å². The molecule has 0 aliphatic heterocycles. The Morgan fingerprint density at radius 3 is 2.75 bits per heavy atom. The largest absolute Gasteiger partial charge is 0.493 e. The molecule has 20 heavy (non-hydrogen) atoms. The molecule has 0 aliphatic rings. The number of nitrogens with one attached hydrogen (secondary N) is 1. The van der Waals surface area contributed by atoms with Crippen molar-refractivity contribution >= 4 is 27.3 Å². The minimum Gasteiger partial charge on any atom is -0.493 e. The molecule has 0 spiro atoms. The van der Waals surface area contributed by atoms with Crippen molar-refractivity contribution in [1.29, 1.82) is 0 Å². The molecule has 0 radical (unpaired) electrons. The fourth-order valence-electron chi connectivity index (χ4n) is 1.82.